The minimum atomic E-state index is -0.495. The van der Waals surface area contributed by atoms with E-state index in [1.165, 1.54) is 17.7 Å². The summed E-state index contributed by atoms with van der Waals surface area (Å²) in [5, 5.41) is 32.5. The SMILES string of the molecule is N#C/C(=C/c1cc(O)c(O)c(CSCCCc2ccccc2)c1)C(=O)NCc1ccccc1. The number of aromatic hydroxyl groups is 2. The first kappa shape index (κ1) is 24.0. The molecule has 0 fully saturated rings. The van der Waals surface area contributed by atoms with Gasteiger partial charge < -0.3 is 15.5 Å². The Hall–Kier alpha value is -3.69. The highest BCUT2D eigenvalue weighted by atomic mass is 32.2. The van der Waals surface area contributed by atoms with Crippen molar-refractivity contribution >= 4 is 23.7 Å². The summed E-state index contributed by atoms with van der Waals surface area (Å²) in [5.74, 6) is 0.476. The number of nitriles is 1. The van der Waals surface area contributed by atoms with Gasteiger partial charge in [-0.25, -0.2) is 0 Å². The first-order valence-corrected chi connectivity index (χ1v) is 11.8. The Labute approximate surface area is 198 Å². The van der Waals surface area contributed by atoms with Crippen molar-refractivity contribution in [2.45, 2.75) is 25.1 Å². The minimum Gasteiger partial charge on any atom is -0.504 e. The van der Waals surface area contributed by atoms with Gasteiger partial charge in [-0.05, 0) is 53.5 Å². The maximum Gasteiger partial charge on any atom is 0.262 e. The number of carbonyl (C=O) groups excluding carboxylic acids is 1. The molecule has 0 bridgehead atoms. The summed E-state index contributed by atoms with van der Waals surface area (Å²) in [6.07, 6.45) is 3.40. The van der Waals surface area contributed by atoms with Gasteiger partial charge in [0.15, 0.2) is 11.5 Å². The quantitative estimate of drug-likeness (QED) is 0.168. The van der Waals surface area contributed by atoms with Crippen molar-refractivity contribution in [3.63, 3.8) is 0 Å². The summed E-state index contributed by atoms with van der Waals surface area (Å²) in [5.41, 5.74) is 3.19. The molecule has 1 amide bonds. The number of benzene rings is 3. The average molecular weight is 459 g/mol. The summed E-state index contributed by atoms with van der Waals surface area (Å²) in [6.45, 7) is 0.310. The van der Waals surface area contributed by atoms with E-state index in [0.717, 1.165) is 24.2 Å². The molecule has 0 aliphatic heterocycles. The molecule has 0 saturated heterocycles. The summed E-state index contributed by atoms with van der Waals surface area (Å²) in [7, 11) is 0. The number of hydrogen-bond acceptors (Lipinski definition) is 5. The third-order valence-electron chi connectivity index (χ3n) is 5.02. The number of hydrogen-bond donors (Lipinski definition) is 3. The van der Waals surface area contributed by atoms with Gasteiger partial charge in [0, 0.05) is 17.9 Å². The van der Waals surface area contributed by atoms with Crippen LogP contribution in [-0.4, -0.2) is 21.9 Å². The summed E-state index contributed by atoms with van der Waals surface area (Å²) in [4.78, 5) is 12.4. The minimum absolute atomic E-state index is 0.0718. The first-order chi connectivity index (χ1) is 16.1. The predicted molar refractivity (Wildman–Crippen MR) is 133 cm³/mol. The molecule has 0 radical (unpaired) electrons. The molecule has 3 N–H and O–H groups in total. The first-order valence-electron chi connectivity index (χ1n) is 10.7. The van der Waals surface area contributed by atoms with Crippen LogP contribution in [0.5, 0.6) is 11.5 Å². The van der Waals surface area contributed by atoms with Crippen LogP contribution in [0.25, 0.3) is 6.08 Å². The fourth-order valence-electron chi connectivity index (χ4n) is 3.29. The number of nitrogens with zero attached hydrogens (tertiary/aromatic N) is 1. The lowest BCUT2D eigenvalue weighted by Gasteiger charge is -2.09. The number of amides is 1. The van der Waals surface area contributed by atoms with Gasteiger partial charge in [-0.3, -0.25) is 4.79 Å². The molecule has 0 spiro atoms. The summed E-state index contributed by atoms with van der Waals surface area (Å²) in [6, 6.07) is 24.6. The molecule has 0 saturated carbocycles. The van der Waals surface area contributed by atoms with E-state index in [9.17, 15) is 20.3 Å². The third-order valence-corrected chi connectivity index (χ3v) is 6.11. The van der Waals surface area contributed by atoms with Crippen LogP contribution in [0.3, 0.4) is 0 Å². The van der Waals surface area contributed by atoms with Crippen molar-refractivity contribution in [2.24, 2.45) is 0 Å². The Morgan fingerprint density at radius 3 is 2.33 bits per heavy atom. The van der Waals surface area contributed by atoms with Crippen molar-refractivity contribution in [1.29, 1.82) is 5.26 Å². The van der Waals surface area contributed by atoms with Crippen LogP contribution < -0.4 is 5.32 Å². The molecular weight excluding hydrogens is 432 g/mol. The van der Waals surface area contributed by atoms with E-state index >= 15 is 0 Å². The van der Waals surface area contributed by atoms with Crippen molar-refractivity contribution < 1.29 is 15.0 Å². The third kappa shape index (κ3) is 7.44. The lowest BCUT2D eigenvalue weighted by atomic mass is 10.1. The van der Waals surface area contributed by atoms with Gasteiger partial charge in [-0.15, -0.1) is 0 Å². The molecule has 3 rings (SSSR count). The molecule has 3 aromatic carbocycles. The van der Waals surface area contributed by atoms with Gasteiger partial charge in [-0.2, -0.15) is 17.0 Å². The highest BCUT2D eigenvalue weighted by Gasteiger charge is 2.12. The van der Waals surface area contributed by atoms with Crippen molar-refractivity contribution in [2.75, 3.05) is 5.75 Å². The van der Waals surface area contributed by atoms with Crippen molar-refractivity contribution in [3.8, 4) is 17.6 Å². The molecule has 0 heterocycles. The molecule has 0 aromatic heterocycles. The van der Waals surface area contributed by atoms with E-state index in [1.807, 2.05) is 54.6 Å². The Kier molecular flexibility index (Phi) is 8.98. The predicted octanol–water partition coefficient (Wildman–Crippen LogP) is 5.19. The second kappa shape index (κ2) is 12.4. The van der Waals surface area contributed by atoms with Gasteiger partial charge in [0.25, 0.3) is 5.91 Å². The molecule has 33 heavy (non-hydrogen) atoms. The Bertz CT molecular complexity index is 1140. The molecule has 0 aliphatic rings. The molecule has 0 aliphatic carbocycles. The molecule has 0 atom stereocenters. The number of rotatable bonds is 10. The monoisotopic (exact) mass is 458 g/mol. The van der Waals surface area contributed by atoms with E-state index in [1.54, 1.807) is 17.8 Å². The Balaban J connectivity index is 1.60. The van der Waals surface area contributed by atoms with Gasteiger partial charge in [-0.1, -0.05) is 60.7 Å². The number of aryl methyl sites for hydroxylation is 1. The Morgan fingerprint density at radius 2 is 1.67 bits per heavy atom. The lowest BCUT2D eigenvalue weighted by Crippen LogP contribution is -2.23. The molecule has 3 aromatic rings. The van der Waals surface area contributed by atoms with Crippen LogP contribution in [-0.2, 0) is 23.5 Å². The zero-order chi connectivity index (χ0) is 23.5. The highest BCUT2D eigenvalue weighted by molar-refractivity contribution is 7.98. The van der Waals surface area contributed by atoms with Crippen molar-refractivity contribution in [3.05, 3.63) is 101 Å². The van der Waals surface area contributed by atoms with Crippen LogP contribution in [0.1, 0.15) is 28.7 Å². The van der Waals surface area contributed by atoms with E-state index in [-0.39, 0.29) is 17.1 Å². The second-order valence-corrected chi connectivity index (χ2v) is 8.63. The van der Waals surface area contributed by atoms with Crippen LogP contribution >= 0.6 is 11.8 Å². The normalized spacial score (nSPS) is 11.1. The number of phenols is 2. The maximum absolute atomic E-state index is 12.4. The van der Waals surface area contributed by atoms with Crippen LogP contribution in [0, 0.1) is 11.3 Å². The largest absolute Gasteiger partial charge is 0.504 e. The summed E-state index contributed by atoms with van der Waals surface area (Å²) < 4.78 is 0. The van der Waals surface area contributed by atoms with E-state index in [0.29, 0.717) is 23.4 Å². The lowest BCUT2D eigenvalue weighted by molar-refractivity contribution is -0.117. The van der Waals surface area contributed by atoms with Gasteiger partial charge in [0.1, 0.15) is 11.6 Å². The van der Waals surface area contributed by atoms with Crippen molar-refractivity contribution in [1.82, 2.24) is 5.32 Å². The fraction of sp³-hybridized carbons (Fsp3) is 0.185. The smallest absolute Gasteiger partial charge is 0.262 e. The molecule has 168 valence electrons. The van der Waals surface area contributed by atoms with Crippen LogP contribution in [0.2, 0.25) is 0 Å². The zero-order valence-electron chi connectivity index (χ0n) is 18.2. The van der Waals surface area contributed by atoms with Gasteiger partial charge >= 0.3 is 0 Å². The van der Waals surface area contributed by atoms with Gasteiger partial charge in [0.2, 0.25) is 0 Å². The zero-order valence-corrected chi connectivity index (χ0v) is 19.0. The molecule has 0 unspecified atom stereocenters. The molecule has 5 nitrogen and oxygen atoms in total. The molecule has 6 heteroatoms. The topological polar surface area (TPSA) is 93.3 Å². The fourth-order valence-corrected chi connectivity index (χ4v) is 4.22. The van der Waals surface area contributed by atoms with Crippen LogP contribution in [0.15, 0.2) is 78.4 Å². The standard InChI is InChI=1S/C27H26N2O3S/c28-17-23(27(32)29-18-21-10-5-2-6-11-21)14-22-15-24(26(31)25(30)16-22)19-33-13-7-12-20-8-3-1-4-9-20/h1-6,8-11,14-16,30-31H,7,12-13,18-19H2,(H,29,32)/b23-14-. The number of carbonyl (C=O) groups is 1. The Morgan fingerprint density at radius 1 is 1.00 bits per heavy atom. The number of nitrogens with one attached hydrogen (secondary N) is 1. The summed E-state index contributed by atoms with van der Waals surface area (Å²) >= 11 is 1.66. The van der Waals surface area contributed by atoms with E-state index in [4.69, 9.17) is 0 Å². The number of phenolic OH excluding ortho intramolecular Hbond substituents is 2. The van der Waals surface area contributed by atoms with E-state index < -0.39 is 5.91 Å². The van der Waals surface area contributed by atoms with Gasteiger partial charge in [0.05, 0.1) is 0 Å². The van der Waals surface area contributed by atoms with Crippen LogP contribution in [0.4, 0.5) is 0 Å². The number of thioether (sulfide) groups is 1. The maximum atomic E-state index is 12.4. The highest BCUT2D eigenvalue weighted by Crippen LogP contribution is 2.33. The second-order valence-electron chi connectivity index (χ2n) is 7.53. The molecular formula is C27H26N2O3S. The van der Waals surface area contributed by atoms with E-state index in [2.05, 4.69) is 17.4 Å². The average Bonchev–Trinajstić information content (AvgIpc) is 2.84.